The normalized spacial score (nSPS) is 15.9. The number of aromatic nitrogens is 1. The highest BCUT2D eigenvalue weighted by atomic mass is 32.1. The van der Waals surface area contributed by atoms with Crippen molar-refractivity contribution in [3.63, 3.8) is 0 Å². The maximum absolute atomic E-state index is 13.4. The first-order chi connectivity index (χ1) is 14.2. The Morgan fingerprint density at radius 3 is 2.48 bits per heavy atom. The van der Waals surface area contributed by atoms with Crippen LogP contribution in [0.25, 0.3) is 10.2 Å². The third-order valence-electron chi connectivity index (χ3n) is 5.58. The average molecular weight is 408 g/mol. The zero-order chi connectivity index (χ0) is 20.2. The van der Waals surface area contributed by atoms with Crippen LogP contribution in [0.15, 0.2) is 48.5 Å². The molecule has 1 aliphatic rings. The molecule has 0 bridgehead atoms. The van der Waals surface area contributed by atoms with Gasteiger partial charge in [-0.2, -0.15) is 0 Å². The Morgan fingerprint density at radius 2 is 1.79 bits per heavy atom. The van der Waals surface area contributed by atoms with Gasteiger partial charge >= 0.3 is 0 Å². The number of nitrogens with two attached hydrogens (primary N) is 1. The number of para-hydroxylation sites is 1. The van der Waals surface area contributed by atoms with Gasteiger partial charge in [-0.25, -0.2) is 4.98 Å². The zero-order valence-electron chi connectivity index (χ0n) is 16.3. The van der Waals surface area contributed by atoms with Crippen molar-refractivity contribution < 1.29 is 9.59 Å². The number of carbonyl (C=O) groups excluding carboxylic acids is 2. The first-order valence-corrected chi connectivity index (χ1v) is 11.0. The molecule has 0 spiro atoms. The molecule has 0 aliphatic heterocycles. The number of Topliss-reactive ketones (excluding diaryl/α,β-unsaturated/α-hetero) is 1. The van der Waals surface area contributed by atoms with Crippen molar-refractivity contribution in [1.82, 2.24) is 10.3 Å². The molecule has 29 heavy (non-hydrogen) atoms. The quantitative estimate of drug-likeness (QED) is 0.594. The summed E-state index contributed by atoms with van der Waals surface area (Å²) in [6.45, 7) is 0.436. The van der Waals surface area contributed by atoms with Crippen LogP contribution in [-0.4, -0.2) is 16.7 Å². The molecule has 0 radical (unpaired) electrons. The van der Waals surface area contributed by atoms with E-state index in [1.165, 1.54) is 17.8 Å². The SMILES string of the molecule is NCc1ccc(C(NC(=O)C2CCCCC2)C(=O)c2nc3ccccc3s2)cc1. The molecule has 1 aromatic heterocycles. The van der Waals surface area contributed by atoms with Crippen molar-refractivity contribution in [2.45, 2.75) is 44.7 Å². The Morgan fingerprint density at radius 1 is 1.07 bits per heavy atom. The van der Waals surface area contributed by atoms with Gasteiger partial charge in [-0.05, 0) is 36.1 Å². The lowest BCUT2D eigenvalue weighted by atomic mass is 9.88. The first kappa shape index (κ1) is 19.7. The summed E-state index contributed by atoms with van der Waals surface area (Å²) in [6, 6.07) is 14.5. The number of hydrogen-bond donors (Lipinski definition) is 2. The van der Waals surface area contributed by atoms with Gasteiger partial charge in [-0.1, -0.05) is 55.7 Å². The van der Waals surface area contributed by atoms with E-state index in [4.69, 9.17) is 5.73 Å². The molecule has 5 nitrogen and oxygen atoms in total. The van der Waals surface area contributed by atoms with Gasteiger partial charge in [0.15, 0.2) is 5.01 Å². The highest BCUT2D eigenvalue weighted by Gasteiger charge is 2.30. The molecule has 1 heterocycles. The lowest BCUT2D eigenvalue weighted by Crippen LogP contribution is -2.38. The zero-order valence-corrected chi connectivity index (χ0v) is 17.1. The molecule has 0 saturated heterocycles. The molecular formula is C23H25N3O2S. The number of rotatable bonds is 6. The summed E-state index contributed by atoms with van der Waals surface area (Å²) in [5, 5.41) is 3.45. The highest BCUT2D eigenvalue weighted by Crippen LogP contribution is 2.29. The Labute approximate surface area is 174 Å². The first-order valence-electron chi connectivity index (χ1n) is 10.1. The maximum Gasteiger partial charge on any atom is 0.223 e. The Bertz CT molecular complexity index is 973. The van der Waals surface area contributed by atoms with E-state index in [0.717, 1.165) is 47.0 Å². The summed E-state index contributed by atoms with van der Waals surface area (Å²) >= 11 is 1.37. The second kappa shape index (κ2) is 8.84. The largest absolute Gasteiger partial charge is 0.342 e. The molecule has 1 aliphatic carbocycles. The van der Waals surface area contributed by atoms with Gasteiger partial charge in [0, 0.05) is 12.5 Å². The van der Waals surface area contributed by atoms with Gasteiger partial charge in [0.1, 0.15) is 6.04 Å². The summed E-state index contributed by atoms with van der Waals surface area (Å²) in [5.41, 5.74) is 8.25. The third-order valence-corrected chi connectivity index (χ3v) is 6.63. The molecule has 150 valence electrons. The topological polar surface area (TPSA) is 85.1 Å². The number of amides is 1. The molecule has 6 heteroatoms. The minimum absolute atomic E-state index is 0.0160. The molecule has 3 N–H and O–H groups in total. The molecular weight excluding hydrogens is 382 g/mol. The number of nitrogens with zero attached hydrogens (tertiary/aromatic N) is 1. The Hall–Kier alpha value is -2.57. The fourth-order valence-corrected chi connectivity index (χ4v) is 4.81. The molecule has 2 aromatic carbocycles. The number of ketones is 1. The minimum atomic E-state index is -0.739. The number of nitrogens with one attached hydrogen (secondary N) is 1. The van der Waals surface area contributed by atoms with Crippen LogP contribution < -0.4 is 11.1 Å². The average Bonchev–Trinajstić information content (AvgIpc) is 3.22. The van der Waals surface area contributed by atoms with E-state index in [1.807, 2.05) is 48.5 Å². The second-order valence-electron chi connectivity index (χ2n) is 7.57. The number of carbonyl (C=O) groups is 2. The standard InChI is InChI=1S/C23H25N3O2S/c24-14-15-10-12-16(13-11-15)20(26-22(28)17-6-2-1-3-7-17)21(27)23-25-18-8-4-5-9-19(18)29-23/h4-5,8-13,17,20H,1-3,6-7,14,24H2,(H,26,28). The summed E-state index contributed by atoms with van der Waals surface area (Å²) in [7, 11) is 0. The number of benzene rings is 2. The smallest absolute Gasteiger partial charge is 0.223 e. The monoisotopic (exact) mass is 407 g/mol. The van der Waals surface area contributed by atoms with Crippen LogP contribution in [0.3, 0.4) is 0 Å². The van der Waals surface area contributed by atoms with E-state index in [2.05, 4.69) is 10.3 Å². The van der Waals surface area contributed by atoms with Crippen LogP contribution in [0, 0.1) is 5.92 Å². The predicted octanol–water partition coefficient (Wildman–Crippen LogP) is 4.38. The molecule has 1 saturated carbocycles. The van der Waals surface area contributed by atoms with E-state index in [-0.39, 0.29) is 17.6 Å². The fourth-order valence-electron chi connectivity index (χ4n) is 3.87. The third kappa shape index (κ3) is 4.38. The number of hydrogen-bond acceptors (Lipinski definition) is 5. The summed E-state index contributed by atoms with van der Waals surface area (Å²) in [4.78, 5) is 30.8. The molecule has 1 atom stereocenters. The lowest BCUT2D eigenvalue weighted by Gasteiger charge is -2.24. The Balaban J connectivity index is 1.64. The number of fused-ring (bicyclic) bond motifs is 1. The van der Waals surface area contributed by atoms with Crippen molar-refractivity contribution in [2.75, 3.05) is 0 Å². The van der Waals surface area contributed by atoms with Gasteiger partial charge in [-0.3, -0.25) is 9.59 Å². The molecule has 4 rings (SSSR count). The van der Waals surface area contributed by atoms with Crippen LogP contribution in [0.4, 0.5) is 0 Å². The van der Waals surface area contributed by atoms with E-state index in [1.54, 1.807) is 0 Å². The molecule has 1 unspecified atom stereocenters. The summed E-state index contributed by atoms with van der Waals surface area (Å²) in [5.74, 6) is -0.222. The van der Waals surface area contributed by atoms with Gasteiger partial charge in [0.2, 0.25) is 11.7 Å². The van der Waals surface area contributed by atoms with Crippen molar-refractivity contribution >= 4 is 33.2 Å². The predicted molar refractivity (Wildman–Crippen MR) is 116 cm³/mol. The van der Waals surface area contributed by atoms with E-state index >= 15 is 0 Å². The van der Waals surface area contributed by atoms with Crippen LogP contribution in [0.2, 0.25) is 0 Å². The highest BCUT2D eigenvalue weighted by molar-refractivity contribution is 7.20. The second-order valence-corrected chi connectivity index (χ2v) is 8.60. The fraction of sp³-hybridized carbons (Fsp3) is 0.348. The van der Waals surface area contributed by atoms with Crippen LogP contribution in [0.1, 0.15) is 59.1 Å². The lowest BCUT2D eigenvalue weighted by molar-refractivity contribution is -0.126. The van der Waals surface area contributed by atoms with Crippen LogP contribution >= 0.6 is 11.3 Å². The van der Waals surface area contributed by atoms with E-state index in [9.17, 15) is 9.59 Å². The van der Waals surface area contributed by atoms with E-state index in [0.29, 0.717) is 11.6 Å². The molecule has 1 fully saturated rings. The maximum atomic E-state index is 13.4. The number of thiazole rings is 1. The molecule has 1 amide bonds. The summed E-state index contributed by atoms with van der Waals surface area (Å²) in [6.07, 6.45) is 5.10. The Kier molecular flexibility index (Phi) is 6.02. The van der Waals surface area contributed by atoms with Crippen molar-refractivity contribution in [2.24, 2.45) is 11.7 Å². The van der Waals surface area contributed by atoms with E-state index < -0.39 is 6.04 Å². The van der Waals surface area contributed by atoms with Crippen molar-refractivity contribution in [3.05, 3.63) is 64.7 Å². The molecule has 3 aromatic rings. The van der Waals surface area contributed by atoms with Crippen molar-refractivity contribution in [3.8, 4) is 0 Å². The van der Waals surface area contributed by atoms with Crippen LogP contribution in [0.5, 0.6) is 0 Å². The van der Waals surface area contributed by atoms with Gasteiger partial charge in [0.05, 0.1) is 10.2 Å². The summed E-state index contributed by atoms with van der Waals surface area (Å²) < 4.78 is 0.965. The van der Waals surface area contributed by atoms with Crippen molar-refractivity contribution in [1.29, 1.82) is 0 Å². The van der Waals surface area contributed by atoms with Crippen LogP contribution in [-0.2, 0) is 11.3 Å². The minimum Gasteiger partial charge on any atom is -0.342 e. The van der Waals surface area contributed by atoms with Gasteiger partial charge in [0.25, 0.3) is 0 Å². The van der Waals surface area contributed by atoms with Gasteiger partial charge in [-0.15, -0.1) is 11.3 Å². The van der Waals surface area contributed by atoms with Gasteiger partial charge < -0.3 is 11.1 Å².